The van der Waals surface area contributed by atoms with Crippen LogP contribution < -0.4 is 4.74 Å². The summed E-state index contributed by atoms with van der Waals surface area (Å²) in [6.45, 7) is 8.20. The summed E-state index contributed by atoms with van der Waals surface area (Å²) < 4.78 is 12.4. The summed E-state index contributed by atoms with van der Waals surface area (Å²) in [7, 11) is 0. The highest BCUT2D eigenvalue weighted by atomic mass is 79.9. The minimum atomic E-state index is 0.343. The van der Waals surface area contributed by atoms with E-state index in [1.54, 1.807) is 0 Å². The van der Waals surface area contributed by atoms with E-state index in [0.717, 1.165) is 49.3 Å². The zero-order chi connectivity index (χ0) is 15.2. The minimum absolute atomic E-state index is 0.343. The average molecular weight is 377 g/mol. The largest absolute Gasteiger partial charge is 0.492 e. The quantitative estimate of drug-likeness (QED) is 0.688. The van der Waals surface area contributed by atoms with Gasteiger partial charge in [-0.15, -0.1) is 0 Å². The van der Waals surface area contributed by atoms with Crippen LogP contribution in [-0.2, 0) is 4.74 Å². The topological polar surface area (TPSA) is 21.7 Å². The number of halogens is 2. The van der Waals surface area contributed by atoms with E-state index in [0.29, 0.717) is 17.2 Å². The van der Waals surface area contributed by atoms with Gasteiger partial charge in [0, 0.05) is 18.1 Å². The summed E-state index contributed by atoms with van der Waals surface area (Å²) in [5, 5.41) is 0.713. The Hall–Kier alpha value is -0.290. The fraction of sp³-hybridized carbons (Fsp3) is 0.625. The number of hydrogen-bond donors (Lipinski definition) is 0. The molecule has 0 N–H and O–H groups in total. The molecule has 0 saturated carbocycles. The summed E-state index contributed by atoms with van der Waals surface area (Å²) in [5.74, 6) is 0.855. The van der Waals surface area contributed by atoms with Gasteiger partial charge in [0.25, 0.3) is 0 Å². The SMILES string of the molecule is C[C@H]1CN(CCCCOc2ccc(Cl)cc2Br)C[C@H](C)O1. The molecule has 0 unspecified atom stereocenters. The lowest BCUT2D eigenvalue weighted by Gasteiger charge is -2.35. The zero-order valence-electron chi connectivity index (χ0n) is 12.6. The molecular weight excluding hydrogens is 354 g/mol. The van der Waals surface area contributed by atoms with Gasteiger partial charge in [0.05, 0.1) is 23.3 Å². The lowest BCUT2D eigenvalue weighted by atomic mass is 10.2. The molecular formula is C16H23BrClNO2. The van der Waals surface area contributed by atoms with Crippen LogP contribution in [-0.4, -0.2) is 43.3 Å². The Labute approximate surface area is 140 Å². The number of morpholine rings is 1. The second-order valence-electron chi connectivity index (χ2n) is 5.65. The number of nitrogens with zero attached hydrogens (tertiary/aromatic N) is 1. The highest BCUT2D eigenvalue weighted by molar-refractivity contribution is 9.10. The molecule has 0 amide bonds. The highest BCUT2D eigenvalue weighted by Crippen LogP contribution is 2.28. The lowest BCUT2D eigenvalue weighted by molar-refractivity contribution is -0.0682. The van der Waals surface area contributed by atoms with Crippen LogP contribution in [0.15, 0.2) is 22.7 Å². The van der Waals surface area contributed by atoms with Crippen molar-refractivity contribution in [3.63, 3.8) is 0 Å². The first-order chi connectivity index (χ1) is 10.0. The molecule has 1 aliphatic heterocycles. The number of benzene rings is 1. The number of rotatable bonds is 6. The Balaban J connectivity index is 1.63. The third-order valence-corrected chi connectivity index (χ3v) is 4.37. The monoisotopic (exact) mass is 375 g/mol. The Kier molecular flexibility index (Phi) is 6.80. The van der Waals surface area contributed by atoms with Crippen LogP contribution in [0.4, 0.5) is 0 Å². The van der Waals surface area contributed by atoms with Crippen LogP contribution in [0.25, 0.3) is 0 Å². The predicted octanol–water partition coefficient (Wildman–Crippen LogP) is 4.37. The Morgan fingerprint density at radius 3 is 2.67 bits per heavy atom. The standard InChI is InChI=1S/C16H23BrClNO2/c1-12-10-19(11-13(2)21-12)7-3-4-8-20-16-6-5-14(18)9-15(16)17/h5-6,9,12-13H,3-4,7-8,10-11H2,1-2H3/t12-,13-/m0/s1. The van der Waals surface area contributed by atoms with Crippen LogP contribution in [0.5, 0.6) is 5.75 Å². The maximum atomic E-state index is 5.91. The molecule has 21 heavy (non-hydrogen) atoms. The van der Waals surface area contributed by atoms with Gasteiger partial charge in [-0.1, -0.05) is 11.6 Å². The second-order valence-corrected chi connectivity index (χ2v) is 6.94. The van der Waals surface area contributed by atoms with Crippen LogP contribution in [0.3, 0.4) is 0 Å². The highest BCUT2D eigenvalue weighted by Gasteiger charge is 2.21. The Morgan fingerprint density at radius 2 is 2.00 bits per heavy atom. The fourth-order valence-electron chi connectivity index (χ4n) is 2.68. The molecule has 1 fully saturated rings. The van der Waals surface area contributed by atoms with E-state index in [2.05, 4.69) is 34.7 Å². The van der Waals surface area contributed by atoms with Gasteiger partial charge in [-0.25, -0.2) is 0 Å². The van der Waals surface area contributed by atoms with Crippen molar-refractivity contribution in [3.8, 4) is 5.75 Å². The van der Waals surface area contributed by atoms with Gasteiger partial charge in [0.15, 0.2) is 0 Å². The van der Waals surface area contributed by atoms with Crippen molar-refractivity contribution in [3.05, 3.63) is 27.7 Å². The molecule has 3 nitrogen and oxygen atoms in total. The molecule has 0 spiro atoms. The number of hydrogen-bond acceptors (Lipinski definition) is 3. The molecule has 1 aliphatic rings. The smallest absolute Gasteiger partial charge is 0.133 e. The summed E-state index contributed by atoms with van der Waals surface area (Å²) in [6, 6.07) is 5.60. The van der Waals surface area contributed by atoms with Crippen molar-refractivity contribution in [1.29, 1.82) is 0 Å². The third-order valence-electron chi connectivity index (χ3n) is 3.52. The van der Waals surface area contributed by atoms with Crippen LogP contribution in [0.1, 0.15) is 26.7 Å². The maximum absolute atomic E-state index is 5.91. The molecule has 118 valence electrons. The van der Waals surface area contributed by atoms with Crippen LogP contribution >= 0.6 is 27.5 Å². The van der Waals surface area contributed by atoms with Gasteiger partial charge in [-0.3, -0.25) is 4.90 Å². The van der Waals surface area contributed by atoms with Crippen molar-refractivity contribution in [1.82, 2.24) is 4.90 Å². The Bertz CT molecular complexity index is 448. The molecule has 0 aliphatic carbocycles. The molecule has 1 heterocycles. The summed E-state index contributed by atoms with van der Waals surface area (Å²) in [4.78, 5) is 2.48. The summed E-state index contributed by atoms with van der Waals surface area (Å²) in [6.07, 6.45) is 2.88. The van der Waals surface area contributed by atoms with Crippen molar-refractivity contribution in [2.45, 2.75) is 38.9 Å². The Morgan fingerprint density at radius 1 is 1.29 bits per heavy atom. The van der Waals surface area contributed by atoms with E-state index in [-0.39, 0.29) is 0 Å². The molecule has 0 aromatic heterocycles. The minimum Gasteiger partial charge on any atom is -0.492 e. The van der Waals surface area contributed by atoms with E-state index in [9.17, 15) is 0 Å². The van der Waals surface area contributed by atoms with E-state index in [4.69, 9.17) is 21.1 Å². The predicted molar refractivity (Wildman–Crippen MR) is 90.3 cm³/mol. The second kappa shape index (κ2) is 8.37. The molecule has 0 bridgehead atoms. The van der Waals surface area contributed by atoms with Gasteiger partial charge < -0.3 is 9.47 Å². The normalized spacial score (nSPS) is 23.2. The summed E-state index contributed by atoms with van der Waals surface area (Å²) >= 11 is 9.37. The molecule has 1 aromatic carbocycles. The fourth-order valence-corrected chi connectivity index (χ4v) is 3.48. The van der Waals surface area contributed by atoms with Crippen molar-refractivity contribution < 1.29 is 9.47 Å². The first-order valence-corrected chi connectivity index (χ1v) is 8.67. The van der Waals surface area contributed by atoms with Gasteiger partial charge >= 0.3 is 0 Å². The van der Waals surface area contributed by atoms with E-state index in [1.807, 2.05) is 18.2 Å². The average Bonchev–Trinajstić information content (AvgIpc) is 2.39. The molecule has 1 aromatic rings. The third kappa shape index (κ3) is 5.78. The van der Waals surface area contributed by atoms with E-state index < -0.39 is 0 Å². The van der Waals surface area contributed by atoms with Crippen LogP contribution in [0.2, 0.25) is 5.02 Å². The zero-order valence-corrected chi connectivity index (χ0v) is 15.0. The molecule has 1 saturated heterocycles. The van der Waals surface area contributed by atoms with Gasteiger partial charge in [0.1, 0.15) is 5.75 Å². The van der Waals surface area contributed by atoms with Gasteiger partial charge in [-0.05, 0) is 67.4 Å². The molecule has 5 heteroatoms. The van der Waals surface area contributed by atoms with E-state index >= 15 is 0 Å². The van der Waals surface area contributed by atoms with Gasteiger partial charge in [-0.2, -0.15) is 0 Å². The molecule has 2 rings (SSSR count). The van der Waals surface area contributed by atoms with Crippen LogP contribution in [0, 0.1) is 0 Å². The molecule has 2 atom stereocenters. The van der Waals surface area contributed by atoms with Gasteiger partial charge in [0.2, 0.25) is 0 Å². The lowest BCUT2D eigenvalue weighted by Crippen LogP contribution is -2.45. The number of ether oxygens (including phenoxy) is 2. The summed E-state index contributed by atoms with van der Waals surface area (Å²) in [5.41, 5.74) is 0. The van der Waals surface area contributed by atoms with E-state index in [1.165, 1.54) is 0 Å². The van der Waals surface area contributed by atoms with Crippen molar-refractivity contribution in [2.75, 3.05) is 26.2 Å². The molecule has 0 radical (unpaired) electrons. The van der Waals surface area contributed by atoms with Crippen molar-refractivity contribution >= 4 is 27.5 Å². The number of unbranched alkanes of at least 4 members (excludes halogenated alkanes) is 1. The first kappa shape index (κ1) is 17.1. The maximum Gasteiger partial charge on any atom is 0.133 e. The van der Waals surface area contributed by atoms with Crippen molar-refractivity contribution in [2.24, 2.45) is 0 Å². The first-order valence-electron chi connectivity index (χ1n) is 7.50.